The zero-order valence-corrected chi connectivity index (χ0v) is 11.4. The van der Waals surface area contributed by atoms with Crippen LogP contribution in [0, 0.1) is 0 Å². The molecule has 2 N–H and O–H groups in total. The topological polar surface area (TPSA) is 24.1 Å². The molecule has 0 radical (unpaired) electrons. The van der Waals surface area contributed by atoms with Crippen LogP contribution in [0.1, 0.15) is 59.8 Å². The average molecular weight is 230 g/mol. The molecule has 1 atom stereocenters. The normalized spacial score (nSPS) is 12.6. The van der Waals surface area contributed by atoms with Crippen molar-refractivity contribution in [2.75, 3.05) is 0 Å². The van der Waals surface area contributed by atoms with Crippen LogP contribution in [-0.4, -0.2) is 17.2 Å². The smallest absolute Gasteiger partial charge is 0.166 e. The molecular weight excluding hydrogens is 204 g/mol. The van der Waals surface area contributed by atoms with E-state index in [0.29, 0.717) is 12.1 Å². The maximum absolute atomic E-state index is 5.25. The molecule has 0 saturated carbocycles. The summed E-state index contributed by atoms with van der Waals surface area (Å²) in [4.78, 5) is 0. The van der Waals surface area contributed by atoms with Crippen molar-refractivity contribution in [1.29, 1.82) is 0 Å². The summed E-state index contributed by atoms with van der Waals surface area (Å²) < 4.78 is 0. The van der Waals surface area contributed by atoms with Crippen LogP contribution < -0.4 is 10.6 Å². The quantitative estimate of drug-likeness (QED) is 0.657. The monoisotopic (exact) mass is 230 g/mol. The van der Waals surface area contributed by atoms with Crippen molar-refractivity contribution in [3.8, 4) is 0 Å². The predicted molar refractivity (Wildman–Crippen MR) is 72.2 cm³/mol. The van der Waals surface area contributed by atoms with Crippen LogP contribution in [0.25, 0.3) is 0 Å². The molecule has 0 aromatic heterocycles. The highest BCUT2D eigenvalue weighted by atomic mass is 32.1. The second-order valence-corrected chi connectivity index (χ2v) is 4.81. The van der Waals surface area contributed by atoms with Crippen molar-refractivity contribution in [1.82, 2.24) is 10.6 Å². The molecule has 2 nitrogen and oxygen atoms in total. The number of hydrogen-bond acceptors (Lipinski definition) is 1. The molecule has 1 unspecified atom stereocenters. The van der Waals surface area contributed by atoms with Gasteiger partial charge in [-0.1, -0.05) is 33.1 Å². The fourth-order valence-electron chi connectivity index (χ4n) is 1.58. The molecule has 0 heterocycles. The Kier molecular flexibility index (Phi) is 8.77. The minimum atomic E-state index is 0.415. The minimum Gasteiger partial charge on any atom is -0.361 e. The molecule has 0 aromatic carbocycles. The summed E-state index contributed by atoms with van der Waals surface area (Å²) in [5.74, 6) is 0. The first kappa shape index (κ1) is 14.7. The van der Waals surface area contributed by atoms with Crippen LogP contribution in [0.2, 0.25) is 0 Å². The van der Waals surface area contributed by atoms with Crippen molar-refractivity contribution in [3.05, 3.63) is 0 Å². The highest BCUT2D eigenvalue weighted by Crippen LogP contribution is 2.06. The molecule has 0 amide bonds. The van der Waals surface area contributed by atoms with Crippen LogP contribution >= 0.6 is 12.2 Å². The van der Waals surface area contributed by atoms with E-state index < -0.39 is 0 Å². The third-order valence-corrected chi connectivity index (χ3v) is 2.53. The maximum Gasteiger partial charge on any atom is 0.166 e. The molecule has 0 aliphatic heterocycles. The Morgan fingerprint density at radius 1 is 1.07 bits per heavy atom. The summed E-state index contributed by atoms with van der Waals surface area (Å²) in [7, 11) is 0. The van der Waals surface area contributed by atoms with Gasteiger partial charge in [0.15, 0.2) is 5.11 Å². The molecule has 90 valence electrons. The molecule has 0 rings (SSSR count). The van der Waals surface area contributed by atoms with Gasteiger partial charge in [0, 0.05) is 12.1 Å². The summed E-state index contributed by atoms with van der Waals surface area (Å²) in [5, 5.41) is 7.44. The van der Waals surface area contributed by atoms with Gasteiger partial charge in [-0.05, 0) is 38.9 Å². The Hall–Kier alpha value is -0.310. The van der Waals surface area contributed by atoms with E-state index in [2.05, 4.69) is 38.3 Å². The number of nitrogens with one attached hydrogen (secondary N) is 2. The van der Waals surface area contributed by atoms with Crippen LogP contribution in [0.4, 0.5) is 0 Å². The van der Waals surface area contributed by atoms with Gasteiger partial charge in [-0.25, -0.2) is 0 Å². The Morgan fingerprint density at radius 2 is 1.73 bits per heavy atom. The van der Waals surface area contributed by atoms with Crippen molar-refractivity contribution in [3.63, 3.8) is 0 Å². The summed E-state index contributed by atoms with van der Waals surface area (Å²) in [5.41, 5.74) is 0. The zero-order valence-electron chi connectivity index (χ0n) is 10.6. The summed E-state index contributed by atoms with van der Waals surface area (Å²) >= 11 is 5.25. The third-order valence-electron chi connectivity index (χ3n) is 2.30. The summed E-state index contributed by atoms with van der Waals surface area (Å²) in [6, 6.07) is 0.965. The fraction of sp³-hybridized carbons (Fsp3) is 0.917. The van der Waals surface area contributed by atoms with Gasteiger partial charge in [-0.2, -0.15) is 0 Å². The number of hydrogen-bond donors (Lipinski definition) is 2. The van der Waals surface area contributed by atoms with E-state index >= 15 is 0 Å². The van der Waals surface area contributed by atoms with Gasteiger partial charge in [0.2, 0.25) is 0 Å². The molecule has 15 heavy (non-hydrogen) atoms. The van der Waals surface area contributed by atoms with Crippen LogP contribution in [0.5, 0.6) is 0 Å². The molecule has 0 spiro atoms. The maximum atomic E-state index is 5.25. The Labute approximate surface area is 100 Å². The second kappa shape index (κ2) is 8.96. The van der Waals surface area contributed by atoms with E-state index in [0.717, 1.165) is 5.11 Å². The highest BCUT2D eigenvalue weighted by molar-refractivity contribution is 7.80. The first-order valence-electron chi connectivity index (χ1n) is 6.17. The van der Waals surface area contributed by atoms with Crippen molar-refractivity contribution >= 4 is 17.3 Å². The van der Waals surface area contributed by atoms with E-state index in [9.17, 15) is 0 Å². The first-order chi connectivity index (χ1) is 7.10. The van der Waals surface area contributed by atoms with Crippen molar-refractivity contribution in [2.45, 2.75) is 71.9 Å². The lowest BCUT2D eigenvalue weighted by Crippen LogP contribution is -2.44. The molecule has 0 saturated heterocycles. The SMILES string of the molecule is CCCCC(CCC)NC(=S)NC(C)C. The molecule has 0 aliphatic rings. The zero-order chi connectivity index (χ0) is 11.7. The highest BCUT2D eigenvalue weighted by Gasteiger charge is 2.08. The van der Waals surface area contributed by atoms with Crippen LogP contribution in [0.15, 0.2) is 0 Å². The number of rotatable bonds is 7. The molecule has 3 heteroatoms. The van der Waals surface area contributed by atoms with E-state index in [1.165, 1.54) is 32.1 Å². The first-order valence-corrected chi connectivity index (χ1v) is 6.58. The van der Waals surface area contributed by atoms with Gasteiger partial charge in [0.25, 0.3) is 0 Å². The molecule has 0 fully saturated rings. The van der Waals surface area contributed by atoms with E-state index in [4.69, 9.17) is 12.2 Å². The van der Waals surface area contributed by atoms with E-state index in [-0.39, 0.29) is 0 Å². The lowest BCUT2D eigenvalue weighted by Gasteiger charge is -2.21. The van der Waals surface area contributed by atoms with Gasteiger partial charge in [-0.15, -0.1) is 0 Å². The molecular formula is C12H26N2S. The van der Waals surface area contributed by atoms with Gasteiger partial charge in [-0.3, -0.25) is 0 Å². The summed E-state index contributed by atoms with van der Waals surface area (Å²) in [6.07, 6.45) is 6.18. The third kappa shape index (κ3) is 8.67. The second-order valence-electron chi connectivity index (χ2n) is 4.40. The minimum absolute atomic E-state index is 0.415. The van der Waals surface area contributed by atoms with Gasteiger partial charge < -0.3 is 10.6 Å². The van der Waals surface area contributed by atoms with E-state index in [1.807, 2.05) is 0 Å². The summed E-state index contributed by atoms with van der Waals surface area (Å²) in [6.45, 7) is 8.66. The lowest BCUT2D eigenvalue weighted by atomic mass is 10.1. The fourth-order valence-corrected chi connectivity index (χ4v) is 1.98. The number of thiocarbonyl (C=S) groups is 1. The standard InChI is InChI=1S/C12H26N2S/c1-5-7-9-11(8-6-2)14-12(15)13-10(3)4/h10-11H,5-9H2,1-4H3,(H2,13,14,15). The van der Waals surface area contributed by atoms with Crippen LogP contribution in [0.3, 0.4) is 0 Å². The average Bonchev–Trinajstić information content (AvgIpc) is 2.13. The Balaban J connectivity index is 3.86. The number of unbranched alkanes of at least 4 members (excludes halogenated alkanes) is 1. The van der Waals surface area contributed by atoms with Gasteiger partial charge in [0.05, 0.1) is 0 Å². The van der Waals surface area contributed by atoms with Crippen molar-refractivity contribution < 1.29 is 0 Å². The molecule has 0 aromatic rings. The van der Waals surface area contributed by atoms with Crippen molar-refractivity contribution in [2.24, 2.45) is 0 Å². The molecule has 0 bridgehead atoms. The predicted octanol–water partition coefficient (Wildman–Crippen LogP) is 3.22. The van der Waals surface area contributed by atoms with Crippen LogP contribution in [-0.2, 0) is 0 Å². The largest absolute Gasteiger partial charge is 0.361 e. The van der Waals surface area contributed by atoms with Gasteiger partial charge in [0.1, 0.15) is 0 Å². The van der Waals surface area contributed by atoms with Gasteiger partial charge >= 0.3 is 0 Å². The van der Waals surface area contributed by atoms with E-state index in [1.54, 1.807) is 0 Å². The Morgan fingerprint density at radius 3 is 2.20 bits per heavy atom. The Bertz CT molecular complexity index is 169. The molecule has 0 aliphatic carbocycles. The lowest BCUT2D eigenvalue weighted by molar-refractivity contribution is 0.489.